The molecule has 1 aliphatic rings. The van der Waals surface area contributed by atoms with Crippen LogP contribution in [0.5, 0.6) is 0 Å². The second-order valence-electron chi connectivity index (χ2n) is 5.58. The zero-order chi connectivity index (χ0) is 15.9. The van der Waals surface area contributed by atoms with E-state index in [2.05, 4.69) is 21.2 Å². The summed E-state index contributed by atoms with van der Waals surface area (Å²) in [7, 11) is 0. The zero-order valence-electron chi connectivity index (χ0n) is 12.5. The van der Waals surface area contributed by atoms with Crippen molar-refractivity contribution in [2.75, 3.05) is 4.90 Å². The fourth-order valence-electron chi connectivity index (χ4n) is 2.37. The molecule has 1 aliphatic heterocycles. The summed E-state index contributed by atoms with van der Waals surface area (Å²) in [6.07, 6.45) is 0.526. The van der Waals surface area contributed by atoms with Crippen molar-refractivity contribution in [2.24, 2.45) is 0 Å². The molecule has 0 aliphatic carbocycles. The minimum Gasteiger partial charge on any atom is -0.340 e. The van der Waals surface area contributed by atoms with E-state index in [0.29, 0.717) is 17.1 Å². The largest absolute Gasteiger partial charge is 0.340 e. The van der Waals surface area contributed by atoms with Crippen LogP contribution in [0.1, 0.15) is 32.8 Å². The monoisotopic (exact) mass is 372 g/mol. The quantitative estimate of drug-likeness (QED) is 0.863. The number of amides is 2. The fraction of sp³-hybridized carbons (Fsp3) is 0.467. The van der Waals surface area contributed by atoms with Gasteiger partial charge in [-0.05, 0) is 60.8 Å². The van der Waals surface area contributed by atoms with Crippen LogP contribution < -0.4 is 10.2 Å². The molecule has 1 heterocycles. The van der Waals surface area contributed by atoms with Crippen molar-refractivity contribution in [2.45, 2.75) is 45.7 Å². The Morgan fingerprint density at radius 1 is 1.43 bits per heavy atom. The van der Waals surface area contributed by atoms with Crippen molar-refractivity contribution in [3.63, 3.8) is 0 Å². The highest BCUT2D eigenvalue weighted by Gasteiger charge is 2.46. The highest BCUT2D eigenvalue weighted by atomic mass is 79.9. The molecule has 0 bridgehead atoms. The van der Waals surface area contributed by atoms with Crippen molar-refractivity contribution in [1.82, 2.24) is 5.32 Å². The summed E-state index contributed by atoms with van der Waals surface area (Å²) < 4.78 is 0.748. The Morgan fingerprint density at radius 2 is 2.05 bits per heavy atom. The van der Waals surface area contributed by atoms with Crippen LogP contribution >= 0.6 is 27.5 Å². The van der Waals surface area contributed by atoms with Gasteiger partial charge in [-0.25, -0.2) is 0 Å². The molecule has 2 unspecified atom stereocenters. The number of nitrogens with zero attached hydrogens (tertiary/aromatic N) is 1. The first kappa shape index (κ1) is 16.3. The van der Waals surface area contributed by atoms with Gasteiger partial charge in [-0.2, -0.15) is 0 Å². The van der Waals surface area contributed by atoms with E-state index in [-0.39, 0.29) is 11.8 Å². The second kappa shape index (κ2) is 5.61. The fourth-order valence-corrected chi connectivity index (χ4v) is 3.17. The van der Waals surface area contributed by atoms with Gasteiger partial charge in [0, 0.05) is 9.50 Å². The number of aryl methyl sites for hydroxylation is 1. The van der Waals surface area contributed by atoms with Gasteiger partial charge in [0.15, 0.2) is 0 Å². The van der Waals surface area contributed by atoms with E-state index in [0.717, 1.165) is 10.0 Å². The Balaban J connectivity index is 2.57. The van der Waals surface area contributed by atoms with E-state index >= 15 is 0 Å². The van der Waals surface area contributed by atoms with Gasteiger partial charge in [0.1, 0.15) is 11.6 Å². The van der Waals surface area contributed by atoms with E-state index in [9.17, 15) is 9.59 Å². The van der Waals surface area contributed by atoms with Gasteiger partial charge in [0.2, 0.25) is 5.91 Å². The lowest BCUT2D eigenvalue weighted by Gasteiger charge is -2.43. The molecule has 4 nitrogen and oxygen atoms in total. The van der Waals surface area contributed by atoms with Crippen LogP contribution in [0.2, 0.25) is 5.02 Å². The van der Waals surface area contributed by atoms with Crippen molar-refractivity contribution in [3.05, 3.63) is 27.2 Å². The Bertz CT molecular complexity index is 620. The molecular weight excluding hydrogens is 356 g/mol. The molecule has 0 saturated carbocycles. The minimum atomic E-state index is -0.888. The molecule has 21 heavy (non-hydrogen) atoms. The number of rotatable bonds is 2. The van der Waals surface area contributed by atoms with Gasteiger partial charge < -0.3 is 5.32 Å². The van der Waals surface area contributed by atoms with E-state index < -0.39 is 11.6 Å². The van der Waals surface area contributed by atoms with E-state index in [4.69, 9.17) is 11.6 Å². The number of halogens is 2. The highest BCUT2D eigenvalue weighted by Crippen LogP contribution is 2.36. The van der Waals surface area contributed by atoms with Crippen LogP contribution in [-0.2, 0) is 9.59 Å². The third-order valence-electron chi connectivity index (χ3n) is 4.05. The van der Waals surface area contributed by atoms with Gasteiger partial charge in [-0.1, -0.05) is 18.5 Å². The maximum atomic E-state index is 12.8. The lowest BCUT2D eigenvalue weighted by molar-refractivity contribution is -0.137. The van der Waals surface area contributed by atoms with Crippen molar-refractivity contribution < 1.29 is 9.59 Å². The average Bonchev–Trinajstić information content (AvgIpc) is 2.42. The molecule has 2 rings (SSSR count). The number of benzene rings is 1. The zero-order valence-corrected chi connectivity index (χ0v) is 14.8. The number of anilines is 1. The van der Waals surface area contributed by atoms with Gasteiger partial charge >= 0.3 is 0 Å². The summed E-state index contributed by atoms with van der Waals surface area (Å²) in [5.74, 6) is -0.291. The molecule has 0 radical (unpaired) electrons. The molecule has 0 aromatic heterocycles. The summed E-state index contributed by atoms with van der Waals surface area (Å²) in [5.41, 5.74) is 0.644. The van der Waals surface area contributed by atoms with Crippen LogP contribution in [0.15, 0.2) is 16.6 Å². The summed E-state index contributed by atoms with van der Waals surface area (Å²) in [6.45, 7) is 7.23. The minimum absolute atomic E-state index is 0.127. The highest BCUT2D eigenvalue weighted by molar-refractivity contribution is 9.10. The smallest absolute Gasteiger partial charge is 0.253 e. The molecule has 1 fully saturated rings. The van der Waals surface area contributed by atoms with Crippen molar-refractivity contribution in [3.8, 4) is 0 Å². The molecular formula is C15H18BrClN2O2. The number of carbonyl (C=O) groups is 2. The lowest BCUT2D eigenvalue weighted by atomic mass is 9.91. The van der Waals surface area contributed by atoms with Crippen LogP contribution in [0.3, 0.4) is 0 Å². The summed E-state index contributed by atoms with van der Waals surface area (Å²) in [4.78, 5) is 26.6. The standard InChI is InChI=1S/C15H18BrClN2O2/c1-5-15(4)14(21)19(9(3)13(20)18-15)12-7-11(17)8(2)6-10(12)16/h6-7,9H,5H2,1-4H3,(H,18,20). The molecule has 1 saturated heterocycles. The van der Waals surface area contributed by atoms with E-state index in [1.807, 2.05) is 19.9 Å². The lowest BCUT2D eigenvalue weighted by Crippen LogP contribution is -2.68. The van der Waals surface area contributed by atoms with Gasteiger partial charge in [0.25, 0.3) is 5.91 Å². The molecule has 1 aromatic rings. The van der Waals surface area contributed by atoms with Crippen LogP contribution in [0.25, 0.3) is 0 Å². The SMILES string of the molecule is CCC1(C)NC(=O)C(C)N(c2cc(Cl)c(C)cc2Br)C1=O. The first-order valence-electron chi connectivity index (χ1n) is 6.82. The predicted octanol–water partition coefficient (Wildman–Crippen LogP) is 3.43. The Hall–Kier alpha value is -1.07. The van der Waals surface area contributed by atoms with Crippen molar-refractivity contribution >= 4 is 45.0 Å². The Morgan fingerprint density at radius 3 is 2.62 bits per heavy atom. The maximum absolute atomic E-state index is 12.8. The molecule has 6 heteroatoms. The summed E-state index contributed by atoms with van der Waals surface area (Å²) in [6, 6.07) is 3.00. The van der Waals surface area contributed by atoms with Crippen LogP contribution in [0.4, 0.5) is 5.69 Å². The van der Waals surface area contributed by atoms with Crippen LogP contribution in [-0.4, -0.2) is 23.4 Å². The third kappa shape index (κ3) is 2.69. The second-order valence-corrected chi connectivity index (χ2v) is 6.84. The molecule has 1 aromatic carbocycles. The first-order chi connectivity index (χ1) is 9.71. The maximum Gasteiger partial charge on any atom is 0.253 e. The first-order valence-corrected chi connectivity index (χ1v) is 7.99. The van der Waals surface area contributed by atoms with E-state index in [1.165, 1.54) is 4.90 Å². The van der Waals surface area contributed by atoms with Crippen molar-refractivity contribution in [1.29, 1.82) is 0 Å². The number of nitrogens with one attached hydrogen (secondary N) is 1. The van der Waals surface area contributed by atoms with Gasteiger partial charge in [0.05, 0.1) is 5.69 Å². The number of carbonyl (C=O) groups excluding carboxylic acids is 2. The number of hydrogen-bond donors (Lipinski definition) is 1. The number of hydrogen-bond acceptors (Lipinski definition) is 2. The van der Waals surface area contributed by atoms with Gasteiger partial charge in [-0.3, -0.25) is 14.5 Å². The molecule has 1 N–H and O–H groups in total. The van der Waals surface area contributed by atoms with Gasteiger partial charge in [-0.15, -0.1) is 0 Å². The topological polar surface area (TPSA) is 49.4 Å². The Kier molecular flexibility index (Phi) is 4.36. The van der Waals surface area contributed by atoms with E-state index in [1.54, 1.807) is 19.9 Å². The average molecular weight is 374 g/mol. The third-order valence-corrected chi connectivity index (χ3v) is 5.09. The number of piperazine rings is 1. The summed E-state index contributed by atoms with van der Waals surface area (Å²) >= 11 is 9.65. The summed E-state index contributed by atoms with van der Waals surface area (Å²) in [5, 5.41) is 3.38. The Labute approximate surface area is 138 Å². The molecule has 2 atom stereocenters. The molecule has 2 amide bonds. The normalized spacial score (nSPS) is 26.0. The van der Waals surface area contributed by atoms with Crippen LogP contribution in [0, 0.1) is 6.92 Å². The molecule has 0 spiro atoms. The molecule has 114 valence electrons. The predicted molar refractivity (Wildman–Crippen MR) is 87.7 cm³/mol.